The van der Waals surface area contributed by atoms with Crippen molar-refractivity contribution in [2.24, 2.45) is 0 Å². The van der Waals surface area contributed by atoms with Crippen LogP contribution in [0.5, 0.6) is 11.5 Å². The van der Waals surface area contributed by atoms with E-state index in [1.807, 2.05) is 6.07 Å². The van der Waals surface area contributed by atoms with Crippen LogP contribution in [0.3, 0.4) is 0 Å². The number of phenolic OH excluding ortho intramolecular Hbond substituents is 2. The van der Waals surface area contributed by atoms with Crippen LogP contribution in [0, 0.1) is 0 Å². The summed E-state index contributed by atoms with van der Waals surface area (Å²) in [5.74, 6) is 0.792. The van der Waals surface area contributed by atoms with E-state index < -0.39 is 0 Å². The van der Waals surface area contributed by atoms with E-state index in [4.69, 9.17) is 0 Å². The first-order valence-corrected chi connectivity index (χ1v) is 8.69. The number of aromatic hydroxyl groups is 2. The minimum absolute atomic E-state index is 0.0256. The van der Waals surface area contributed by atoms with Gasteiger partial charge in [0, 0.05) is 13.0 Å². The number of fused-ring (bicyclic) bond motifs is 1. The molecule has 0 bridgehead atoms. The number of hydrogen-bond donors (Lipinski definition) is 4. The molecular weight excluding hydrogens is 318 g/mol. The number of aromatic nitrogens is 1. The summed E-state index contributed by atoms with van der Waals surface area (Å²) >= 11 is 0. The predicted octanol–water partition coefficient (Wildman–Crippen LogP) is 2.51. The number of carbonyl (C=O) groups excluding carboxylic acids is 1. The Morgan fingerprint density at radius 2 is 1.96 bits per heavy atom. The van der Waals surface area contributed by atoms with Gasteiger partial charge in [-0.15, -0.1) is 0 Å². The summed E-state index contributed by atoms with van der Waals surface area (Å²) in [6.45, 7) is 1.91. The van der Waals surface area contributed by atoms with Crippen molar-refractivity contribution >= 4 is 11.7 Å². The third-order valence-corrected chi connectivity index (χ3v) is 5.03. The lowest BCUT2D eigenvalue weighted by atomic mass is 9.85. The summed E-state index contributed by atoms with van der Waals surface area (Å²) in [5, 5.41) is 26.7. The summed E-state index contributed by atoms with van der Waals surface area (Å²) < 4.78 is 0. The third-order valence-electron chi connectivity index (χ3n) is 5.03. The number of piperidine rings is 1. The number of nitrogens with one attached hydrogen (secondary N) is 2. The molecule has 0 spiro atoms. The zero-order valence-electron chi connectivity index (χ0n) is 13.9. The summed E-state index contributed by atoms with van der Waals surface area (Å²) in [6, 6.07) is 6.59. The number of benzene rings is 1. The standard InChI is InChI=1S/C19H21N3O3/c23-15-4-1-5-16(24)18(15)14-9-13(11-3-2-8-20-10-11)12-6-7-17(25)22-19(12)21-14/h1,4-5,9,11,20,23-24H,2-3,6-8,10H2,(H,21,22,25). The lowest BCUT2D eigenvalue weighted by Gasteiger charge is -2.28. The number of pyridine rings is 1. The minimum Gasteiger partial charge on any atom is -0.507 e. The minimum atomic E-state index is -0.0497. The van der Waals surface area contributed by atoms with Gasteiger partial charge in [0.2, 0.25) is 5.91 Å². The molecule has 6 nitrogen and oxygen atoms in total. The molecule has 2 aliphatic rings. The van der Waals surface area contributed by atoms with Gasteiger partial charge in [-0.2, -0.15) is 0 Å². The van der Waals surface area contributed by atoms with Gasteiger partial charge in [-0.05, 0) is 61.1 Å². The molecule has 0 saturated carbocycles. The Hall–Kier alpha value is -2.60. The van der Waals surface area contributed by atoms with Crippen molar-refractivity contribution in [3.05, 3.63) is 35.4 Å². The molecule has 4 rings (SSSR count). The van der Waals surface area contributed by atoms with E-state index in [9.17, 15) is 15.0 Å². The van der Waals surface area contributed by atoms with Crippen molar-refractivity contribution in [3.63, 3.8) is 0 Å². The average Bonchev–Trinajstić information content (AvgIpc) is 2.61. The highest BCUT2D eigenvalue weighted by atomic mass is 16.3. The van der Waals surface area contributed by atoms with Gasteiger partial charge in [-0.3, -0.25) is 4.79 Å². The first kappa shape index (κ1) is 15.9. The molecule has 1 fully saturated rings. The first-order chi connectivity index (χ1) is 12.1. The van der Waals surface area contributed by atoms with Crippen LogP contribution >= 0.6 is 0 Å². The smallest absolute Gasteiger partial charge is 0.225 e. The number of amides is 1. The van der Waals surface area contributed by atoms with E-state index in [1.165, 1.54) is 12.1 Å². The molecule has 0 aliphatic carbocycles. The zero-order valence-corrected chi connectivity index (χ0v) is 13.9. The van der Waals surface area contributed by atoms with E-state index in [0.717, 1.165) is 37.1 Å². The van der Waals surface area contributed by atoms with Crippen molar-refractivity contribution in [1.29, 1.82) is 0 Å². The highest BCUT2D eigenvalue weighted by Gasteiger charge is 2.27. The van der Waals surface area contributed by atoms with Gasteiger partial charge in [0.25, 0.3) is 0 Å². The summed E-state index contributed by atoms with van der Waals surface area (Å²) in [5.41, 5.74) is 3.01. The molecule has 0 radical (unpaired) electrons. The van der Waals surface area contributed by atoms with Crippen molar-refractivity contribution in [1.82, 2.24) is 10.3 Å². The van der Waals surface area contributed by atoms with E-state index in [2.05, 4.69) is 15.6 Å². The SMILES string of the molecule is O=C1CCc2c(C3CCCNC3)cc(-c3c(O)cccc3O)nc2N1. The molecule has 2 aromatic rings. The second kappa shape index (κ2) is 6.37. The van der Waals surface area contributed by atoms with Crippen molar-refractivity contribution in [2.45, 2.75) is 31.6 Å². The fourth-order valence-corrected chi connectivity index (χ4v) is 3.79. The van der Waals surface area contributed by atoms with Gasteiger partial charge in [-0.1, -0.05) is 6.07 Å². The number of nitrogens with zero attached hydrogens (tertiary/aromatic N) is 1. The topological polar surface area (TPSA) is 94.5 Å². The Bertz CT molecular complexity index is 809. The van der Waals surface area contributed by atoms with Gasteiger partial charge in [0.05, 0.1) is 11.3 Å². The van der Waals surface area contributed by atoms with Crippen molar-refractivity contribution in [2.75, 3.05) is 18.4 Å². The van der Waals surface area contributed by atoms with E-state index in [-0.39, 0.29) is 17.4 Å². The van der Waals surface area contributed by atoms with Gasteiger partial charge < -0.3 is 20.8 Å². The first-order valence-electron chi connectivity index (χ1n) is 8.69. The molecule has 25 heavy (non-hydrogen) atoms. The Morgan fingerprint density at radius 3 is 2.68 bits per heavy atom. The number of anilines is 1. The van der Waals surface area contributed by atoms with E-state index in [0.29, 0.717) is 35.8 Å². The zero-order chi connectivity index (χ0) is 17.4. The number of rotatable bonds is 2. The van der Waals surface area contributed by atoms with Crippen LogP contribution in [0.1, 0.15) is 36.3 Å². The van der Waals surface area contributed by atoms with Crippen LogP contribution in [0.15, 0.2) is 24.3 Å². The van der Waals surface area contributed by atoms with Crippen LogP contribution in [0.4, 0.5) is 5.82 Å². The Morgan fingerprint density at radius 1 is 1.16 bits per heavy atom. The van der Waals surface area contributed by atoms with Crippen LogP contribution in [-0.2, 0) is 11.2 Å². The van der Waals surface area contributed by atoms with Gasteiger partial charge >= 0.3 is 0 Å². The molecule has 1 amide bonds. The monoisotopic (exact) mass is 339 g/mol. The summed E-state index contributed by atoms with van der Waals surface area (Å²) in [7, 11) is 0. The molecule has 1 aromatic carbocycles. The summed E-state index contributed by atoms with van der Waals surface area (Å²) in [6.07, 6.45) is 3.31. The fraction of sp³-hybridized carbons (Fsp3) is 0.368. The van der Waals surface area contributed by atoms with Gasteiger partial charge in [-0.25, -0.2) is 4.98 Å². The molecule has 130 valence electrons. The lowest BCUT2D eigenvalue weighted by Crippen LogP contribution is -2.30. The quantitative estimate of drug-likeness (QED) is 0.674. The van der Waals surface area contributed by atoms with Crippen LogP contribution in [-0.4, -0.2) is 34.2 Å². The second-order valence-electron chi connectivity index (χ2n) is 6.69. The Kier molecular flexibility index (Phi) is 4.05. The fourth-order valence-electron chi connectivity index (χ4n) is 3.79. The molecule has 1 saturated heterocycles. The molecule has 2 aliphatic heterocycles. The molecule has 1 atom stereocenters. The maximum absolute atomic E-state index is 11.8. The Labute approximate surface area is 145 Å². The molecule has 6 heteroatoms. The predicted molar refractivity (Wildman–Crippen MR) is 94.8 cm³/mol. The average molecular weight is 339 g/mol. The second-order valence-corrected chi connectivity index (χ2v) is 6.69. The number of hydrogen-bond acceptors (Lipinski definition) is 5. The largest absolute Gasteiger partial charge is 0.507 e. The highest BCUT2D eigenvalue weighted by Crippen LogP contribution is 2.40. The number of phenols is 2. The van der Waals surface area contributed by atoms with Crippen LogP contribution in [0.25, 0.3) is 11.3 Å². The Balaban J connectivity index is 1.88. The van der Waals surface area contributed by atoms with Gasteiger partial charge in [0.15, 0.2) is 0 Å². The molecule has 4 N–H and O–H groups in total. The molecule has 1 unspecified atom stereocenters. The normalized spacial score (nSPS) is 20.0. The highest BCUT2D eigenvalue weighted by molar-refractivity contribution is 5.93. The lowest BCUT2D eigenvalue weighted by molar-refractivity contribution is -0.116. The third kappa shape index (κ3) is 2.93. The molecule has 3 heterocycles. The van der Waals surface area contributed by atoms with Crippen molar-refractivity contribution in [3.8, 4) is 22.8 Å². The molecule has 1 aromatic heterocycles. The maximum atomic E-state index is 11.8. The number of carbonyl (C=O) groups is 1. The maximum Gasteiger partial charge on any atom is 0.225 e. The van der Waals surface area contributed by atoms with Gasteiger partial charge in [0.1, 0.15) is 17.3 Å². The van der Waals surface area contributed by atoms with Crippen LogP contribution < -0.4 is 10.6 Å². The van der Waals surface area contributed by atoms with Crippen molar-refractivity contribution < 1.29 is 15.0 Å². The van der Waals surface area contributed by atoms with Crippen LogP contribution in [0.2, 0.25) is 0 Å². The van der Waals surface area contributed by atoms with E-state index in [1.54, 1.807) is 6.07 Å². The summed E-state index contributed by atoms with van der Waals surface area (Å²) in [4.78, 5) is 16.4. The van der Waals surface area contributed by atoms with E-state index >= 15 is 0 Å². The molecular formula is C19H21N3O3.